The number of methoxy groups -OCH3 is 2. The van der Waals surface area contributed by atoms with Crippen molar-refractivity contribution in [3.63, 3.8) is 0 Å². The minimum atomic E-state index is -0.198. The molecule has 0 aliphatic rings. The fraction of sp³-hybridized carbons (Fsp3) is 0.562. The van der Waals surface area contributed by atoms with Crippen LogP contribution in [0.1, 0.15) is 25.3 Å². The summed E-state index contributed by atoms with van der Waals surface area (Å²) in [5.41, 5.74) is 1.12. The first-order chi connectivity index (χ1) is 10.2. The lowest BCUT2D eigenvalue weighted by Crippen LogP contribution is -2.26. The molecule has 1 rings (SSSR count). The van der Waals surface area contributed by atoms with Crippen LogP contribution < -0.4 is 14.8 Å². The molecule has 21 heavy (non-hydrogen) atoms. The number of rotatable bonds is 10. The van der Waals surface area contributed by atoms with Gasteiger partial charge < -0.3 is 19.5 Å². The van der Waals surface area contributed by atoms with Crippen LogP contribution in [-0.4, -0.2) is 39.9 Å². The van der Waals surface area contributed by atoms with Crippen LogP contribution in [0.2, 0.25) is 0 Å². The molecule has 5 nitrogen and oxygen atoms in total. The number of nitrogens with one attached hydrogen (secondary N) is 1. The minimum Gasteiger partial charge on any atom is -0.493 e. The molecule has 0 fully saturated rings. The lowest BCUT2D eigenvalue weighted by Gasteiger charge is -2.10. The van der Waals surface area contributed by atoms with Crippen LogP contribution >= 0.6 is 0 Å². The zero-order valence-electron chi connectivity index (χ0n) is 13.1. The second-order valence-electron chi connectivity index (χ2n) is 4.69. The van der Waals surface area contributed by atoms with Crippen LogP contribution in [0.15, 0.2) is 18.2 Å². The molecule has 0 atom stereocenters. The number of esters is 1. The lowest BCUT2D eigenvalue weighted by atomic mass is 10.1. The van der Waals surface area contributed by atoms with E-state index in [0.717, 1.165) is 24.8 Å². The number of carbonyl (C=O) groups excluding carboxylic acids is 1. The van der Waals surface area contributed by atoms with Crippen molar-refractivity contribution in [2.24, 2.45) is 0 Å². The van der Waals surface area contributed by atoms with Gasteiger partial charge in [0.25, 0.3) is 0 Å². The van der Waals surface area contributed by atoms with Gasteiger partial charge in [0.15, 0.2) is 11.5 Å². The molecule has 0 unspecified atom stereocenters. The van der Waals surface area contributed by atoms with Crippen molar-refractivity contribution in [2.45, 2.75) is 26.2 Å². The predicted molar refractivity (Wildman–Crippen MR) is 82.0 cm³/mol. The van der Waals surface area contributed by atoms with Crippen LogP contribution in [0, 0.1) is 0 Å². The van der Waals surface area contributed by atoms with Crippen molar-refractivity contribution < 1.29 is 19.0 Å². The zero-order valence-corrected chi connectivity index (χ0v) is 13.1. The summed E-state index contributed by atoms with van der Waals surface area (Å²) in [6, 6.07) is 5.82. The third kappa shape index (κ3) is 6.49. The van der Waals surface area contributed by atoms with Crippen molar-refractivity contribution in [3.05, 3.63) is 23.8 Å². The standard InChI is InChI=1S/C16H25NO4/c1-4-5-10-21-16(18)12-17-9-8-13-6-7-14(19-2)15(11-13)20-3/h6-7,11,17H,4-5,8-10,12H2,1-3H3. The van der Waals surface area contributed by atoms with Gasteiger partial charge in [-0.2, -0.15) is 0 Å². The van der Waals surface area contributed by atoms with E-state index in [1.807, 2.05) is 18.2 Å². The lowest BCUT2D eigenvalue weighted by molar-refractivity contribution is -0.142. The van der Waals surface area contributed by atoms with Gasteiger partial charge in [-0.3, -0.25) is 4.79 Å². The highest BCUT2D eigenvalue weighted by molar-refractivity contribution is 5.71. The molecule has 0 bridgehead atoms. The van der Waals surface area contributed by atoms with E-state index in [2.05, 4.69) is 12.2 Å². The van der Waals surface area contributed by atoms with Gasteiger partial charge in [0.05, 0.1) is 27.4 Å². The maximum atomic E-state index is 11.4. The molecule has 0 amide bonds. The second kappa shape index (κ2) is 10.0. The smallest absolute Gasteiger partial charge is 0.319 e. The van der Waals surface area contributed by atoms with E-state index in [4.69, 9.17) is 14.2 Å². The summed E-state index contributed by atoms with van der Waals surface area (Å²) in [6.07, 6.45) is 2.75. The summed E-state index contributed by atoms with van der Waals surface area (Å²) in [7, 11) is 3.23. The van der Waals surface area contributed by atoms with E-state index in [-0.39, 0.29) is 12.5 Å². The average molecular weight is 295 g/mol. The first-order valence-corrected chi connectivity index (χ1v) is 7.28. The van der Waals surface area contributed by atoms with E-state index >= 15 is 0 Å². The number of carbonyl (C=O) groups is 1. The molecule has 0 spiro atoms. The summed E-state index contributed by atoms with van der Waals surface area (Å²) in [4.78, 5) is 11.4. The van der Waals surface area contributed by atoms with Crippen LogP contribution in [0.5, 0.6) is 11.5 Å². The highest BCUT2D eigenvalue weighted by Crippen LogP contribution is 2.27. The van der Waals surface area contributed by atoms with Crippen molar-refractivity contribution in [2.75, 3.05) is 33.9 Å². The van der Waals surface area contributed by atoms with Crippen LogP contribution in [-0.2, 0) is 16.0 Å². The zero-order chi connectivity index (χ0) is 15.5. The van der Waals surface area contributed by atoms with Gasteiger partial charge >= 0.3 is 5.97 Å². The van der Waals surface area contributed by atoms with Gasteiger partial charge in [-0.15, -0.1) is 0 Å². The van der Waals surface area contributed by atoms with Crippen LogP contribution in [0.4, 0.5) is 0 Å². The highest BCUT2D eigenvalue weighted by Gasteiger charge is 2.05. The topological polar surface area (TPSA) is 56.8 Å². The Morgan fingerprint density at radius 3 is 2.62 bits per heavy atom. The molecule has 1 aromatic carbocycles. The number of unbranched alkanes of at least 4 members (excludes halogenated alkanes) is 1. The van der Waals surface area contributed by atoms with E-state index in [0.29, 0.717) is 24.7 Å². The van der Waals surface area contributed by atoms with Gasteiger partial charge in [-0.05, 0) is 37.1 Å². The van der Waals surface area contributed by atoms with E-state index < -0.39 is 0 Å². The summed E-state index contributed by atoms with van der Waals surface area (Å²) in [5.74, 6) is 1.23. The fourth-order valence-corrected chi connectivity index (χ4v) is 1.84. The molecule has 0 saturated carbocycles. The Bertz CT molecular complexity index is 434. The fourth-order valence-electron chi connectivity index (χ4n) is 1.84. The third-order valence-electron chi connectivity index (χ3n) is 3.07. The predicted octanol–water partition coefficient (Wildman–Crippen LogP) is 2.18. The first kappa shape index (κ1) is 17.3. The highest BCUT2D eigenvalue weighted by atomic mass is 16.5. The van der Waals surface area contributed by atoms with Gasteiger partial charge in [-0.25, -0.2) is 0 Å². The molecule has 1 aromatic rings. The van der Waals surface area contributed by atoms with Crippen LogP contribution in [0.3, 0.4) is 0 Å². The van der Waals surface area contributed by atoms with Gasteiger partial charge in [0, 0.05) is 0 Å². The number of ether oxygens (including phenoxy) is 3. The number of benzene rings is 1. The summed E-state index contributed by atoms with van der Waals surface area (Å²) < 4.78 is 15.5. The van der Waals surface area contributed by atoms with Gasteiger partial charge in [0.1, 0.15) is 0 Å². The molecular formula is C16H25NO4. The molecule has 0 saturated heterocycles. The Morgan fingerprint density at radius 2 is 1.95 bits per heavy atom. The summed E-state index contributed by atoms with van der Waals surface area (Å²) in [6.45, 7) is 3.53. The molecular weight excluding hydrogens is 270 g/mol. The van der Waals surface area contributed by atoms with Crippen molar-refractivity contribution in [3.8, 4) is 11.5 Å². The average Bonchev–Trinajstić information content (AvgIpc) is 2.51. The number of hydrogen-bond donors (Lipinski definition) is 1. The SMILES string of the molecule is CCCCOC(=O)CNCCc1ccc(OC)c(OC)c1. The molecule has 1 N–H and O–H groups in total. The molecule has 0 heterocycles. The van der Waals surface area contributed by atoms with E-state index in [1.54, 1.807) is 14.2 Å². The van der Waals surface area contributed by atoms with Crippen LogP contribution in [0.25, 0.3) is 0 Å². The normalized spacial score (nSPS) is 10.2. The van der Waals surface area contributed by atoms with E-state index in [1.165, 1.54) is 0 Å². The second-order valence-corrected chi connectivity index (χ2v) is 4.69. The Labute approximate surface area is 126 Å². The Hall–Kier alpha value is -1.75. The van der Waals surface area contributed by atoms with Gasteiger partial charge in [0.2, 0.25) is 0 Å². The Kier molecular flexibility index (Phi) is 8.28. The van der Waals surface area contributed by atoms with Crippen molar-refractivity contribution >= 4 is 5.97 Å². The monoisotopic (exact) mass is 295 g/mol. The molecule has 0 radical (unpaired) electrons. The molecule has 0 aliphatic carbocycles. The summed E-state index contributed by atoms with van der Waals surface area (Å²) in [5, 5.41) is 3.08. The van der Waals surface area contributed by atoms with Gasteiger partial charge in [-0.1, -0.05) is 19.4 Å². The quantitative estimate of drug-likeness (QED) is 0.529. The Morgan fingerprint density at radius 1 is 1.19 bits per heavy atom. The number of hydrogen-bond acceptors (Lipinski definition) is 5. The van der Waals surface area contributed by atoms with Crippen molar-refractivity contribution in [1.29, 1.82) is 0 Å². The molecule has 0 aromatic heterocycles. The first-order valence-electron chi connectivity index (χ1n) is 7.28. The summed E-state index contributed by atoms with van der Waals surface area (Å²) >= 11 is 0. The molecule has 118 valence electrons. The molecule has 5 heteroatoms. The largest absolute Gasteiger partial charge is 0.493 e. The third-order valence-corrected chi connectivity index (χ3v) is 3.07. The maximum Gasteiger partial charge on any atom is 0.319 e. The van der Waals surface area contributed by atoms with Crippen molar-refractivity contribution in [1.82, 2.24) is 5.32 Å². The maximum absolute atomic E-state index is 11.4. The minimum absolute atomic E-state index is 0.198. The Balaban J connectivity index is 2.28. The van der Waals surface area contributed by atoms with E-state index in [9.17, 15) is 4.79 Å². The molecule has 0 aliphatic heterocycles.